The second-order valence-corrected chi connectivity index (χ2v) is 7.80. The van der Waals surface area contributed by atoms with Crippen LogP contribution in [0, 0.1) is 0 Å². The molecule has 2 heterocycles. The molecule has 0 bridgehead atoms. The number of likely N-dealkylation sites (tertiary alicyclic amines) is 1. The number of amides is 3. The first-order chi connectivity index (χ1) is 14.2. The van der Waals surface area contributed by atoms with Crippen LogP contribution in [0.25, 0.3) is 0 Å². The van der Waals surface area contributed by atoms with Crippen molar-refractivity contribution >= 4 is 34.7 Å². The first-order valence-corrected chi connectivity index (χ1v) is 10.2. The molecular formula is C20H20F3N3O3S. The number of nitrogens with one attached hydrogen (secondary N) is 2. The van der Waals surface area contributed by atoms with Crippen molar-refractivity contribution in [3.8, 4) is 0 Å². The van der Waals surface area contributed by atoms with E-state index in [-0.39, 0.29) is 17.2 Å². The molecule has 30 heavy (non-hydrogen) atoms. The number of hydrogen-bond donors (Lipinski definition) is 2. The summed E-state index contributed by atoms with van der Waals surface area (Å²) >= 11 is 1.31. The zero-order chi connectivity index (χ0) is 21.7. The zero-order valence-electron chi connectivity index (χ0n) is 15.9. The van der Waals surface area contributed by atoms with E-state index < -0.39 is 30.6 Å². The minimum absolute atomic E-state index is 0.00721. The average Bonchev–Trinajstić information content (AvgIpc) is 3.26. The smallest absolute Gasteiger partial charge is 0.343 e. The lowest BCUT2D eigenvalue weighted by atomic mass is 10.0. The lowest BCUT2D eigenvalue weighted by molar-refractivity contribution is -0.123. The Kier molecular flexibility index (Phi) is 6.76. The van der Waals surface area contributed by atoms with Gasteiger partial charge in [-0.3, -0.25) is 14.4 Å². The Morgan fingerprint density at radius 3 is 2.63 bits per heavy atom. The first-order valence-electron chi connectivity index (χ1n) is 9.35. The molecule has 1 aliphatic rings. The van der Waals surface area contributed by atoms with Gasteiger partial charge in [-0.05, 0) is 48.9 Å². The van der Waals surface area contributed by atoms with E-state index >= 15 is 0 Å². The van der Waals surface area contributed by atoms with Crippen molar-refractivity contribution < 1.29 is 27.6 Å². The third-order valence-electron chi connectivity index (χ3n) is 4.64. The molecule has 0 radical (unpaired) electrons. The fraction of sp³-hybridized carbons (Fsp3) is 0.350. The monoisotopic (exact) mass is 439 g/mol. The van der Waals surface area contributed by atoms with Gasteiger partial charge in [0, 0.05) is 17.8 Å². The van der Waals surface area contributed by atoms with Crippen LogP contribution in [0.15, 0.2) is 41.8 Å². The molecule has 1 fully saturated rings. The Morgan fingerprint density at radius 1 is 1.13 bits per heavy atom. The van der Waals surface area contributed by atoms with Crippen molar-refractivity contribution in [3.05, 3.63) is 52.2 Å². The highest BCUT2D eigenvalue weighted by molar-refractivity contribution is 7.12. The Hall–Kier alpha value is -2.88. The third kappa shape index (κ3) is 5.59. The summed E-state index contributed by atoms with van der Waals surface area (Å²) < 4.78 is 36.9. The van der Waals surface area contributed by atoms with Crippen LogP contribution in [-0.4, -0.2) is 47.9 Å². The highest BCUT2D eigenvalue weighted by Gasteiger charge is 2.33. The van der Waals surface area contributed by atoms with Crippen LogP contribution in [0.3, 0.4) is 0 Å². The highest BCUT2D eigenvalue weighted by atomic mass is 32.1. The van der Waals surface area contributed by atoms with E-state index in [1.807, 2.05) is 0 Å². The van der Waals surface area contributed by atoms with E-state index in [1.165, 1.54) is 35.6 Å². The maximum absolute atomic E-state index is 12.8. The number of rotatable bonds is 5. The Labute approximate surface area is 175 Å². The number of hydrogen-bond acceptors (Lipinski definition) is 4. The van der Waals surface area contributed by atoms with Crippen LogP contribution in [0.5, 0.6) is 0 Å². The first kappa shape index (κ1) is 21.8. The Bertz CT molecular complexity index is 916. The number of halogens is 3. The lowest BCUT2D eigenvalue weighted by Crippen LogP contribution is -2.49. The molecule has 1 aromatic carbocycles. The van der Waals surface area contributed by atoms with Gasteiger partial charge in [0.25, 0.3) is 11.8 Å². The molecule has 3 rings (SSSR count). The van der Waals surface area contributed by atoms with E-state index in [2.05, 4.69) is 5.32 Å². The summed E-state index contributed by atoms with van der Waals surface area (Å²) in [6.07, 6.45) is -2.41. The van der Waals surface area contributed by atoms with Crippen LogP contribution in [-0.2, 0) is 4.79 Å². The van der Waals surface area contributed by atoms with E-state index in [4.69, 9.17) is 0 Å². The molecule has 0 aliphatic carbocycles. The molecule has 6 nitrogen and oxygen atoms in total. The zero-order valence-corrected chi connectivity index (χ0v) is 16.7. The van der Waals surface area contributed by atoms with Crippen LogP contribution in [0.2, 0.25) is 0 Å². The Morgan fingerprint density at radius 2 is 1.93 bits per heavy atom. The molecule has 0 spiro atoms. The summed E-state index contributed by atoms with van der Waals surface area (Å²) in [5, 5.41) is 6.26. The topological polar surface area (TPSA) is 78.5 Å². The van der Waals surface area contributed by atoms with E-state index in [1.54, 1.807) is 27.7 Å². The molecule has 3 amide bonds. The normalized spacial score (nSPS) is 16.8. The standard InChI is InChI=1S/C20H20F3N3O3S/c21-20(22,23)12-24-17(27)13-5-3-6-14(11-13)25-18(28)15-7-1-2-9-26(15)19(29)16-8-4-10-30-16/h3-6,8,10-11,15H,1-2,7,9,12H2,(H,24,27)(H,25,28). The molecule has 10 heteroatoms. The summed E-state index contributed by atoms with van der Waals surface area (Å²) in [4.78, 5) is 39.6. The van der Waals surface area contributed by atoms with Crippen molar-refractivity contribution in [2.45, 2.75) is 31.5 Å². The molecular weight excluding hydrogens is 419 g/mol. The molecule has 1 unspecified atom stereocenters. The van der Waals surface area contributed by atoms with Crippen molar-refractivity contribution in [3.63, 3.8) is 0 Å². The summed E-state index contributed by atoms with van der Waals surface area (Å²) in [6, 6.07) is 8.48. The number of piperidine rings is 1. The SMILES string of the molecule is O=C(NCC(F)(F)F)c1cccc(NC(=O)C2CCCCN2C(=O)c2cccs2)c1. The summed E-state index contributed by atoms with van der Waals surface area (Å²) in [6.45, 7) is -0.973. The van der Waals surface area contributed by atoms with Crippen LogP contribution >= 0.6 is 11.3 Å². The number of anilines is 1. The summed E-state index contributed by atoms with van der Waals surface area (Å²) in [5.41, 5.74) is 0.265. The number of benzene rings is 1. The van der Waals surface area contributed by atoms with Crippen LogP contribution in [0.1, 0.15) is 39.3 Å². The second kappa shape index (κ2) is 9.29. The maximum Gasteiger partial charge on any atom is 0.405 e. The number of thiophene rings is 1. The van der Waals surface area contributed by atoms with Crippen molar-refractivity contribution in [2.75, 3.05) is 18.4 Å². The van der Waals surface area contributed by atoms with Crippen molar-refractivity contribution in [1.29, 1.82) is 0 Å². The van der Waals surface area contributed by atoms with E-state index in [9.17, 15) is 27.6 Å². The predicted molar refractivity (Wildman–Crippen MR) is 106 cm³/mol. The van der Waals surface area contributed by atoms with Gasteiger partial charge in [-0.1, -0.05) is 12.1 Å². The molecule has 0 saturated carbocycles. The van der Waals surface area contributed by atoms with Crippen LogP contribution < -0.4 is 10.6 Å². The van der Waals surface area contributed by atoms with Gasteiger partial charge in [-0.2, -0.15) is 13.2 Å². The summed E-state index contributed by atoms with van der Waals surface area (Å²) in [7, 11) is 0. The highest BCUT2D eigenvalue weighted by Crippen LogP contribution is 2.23. The fourth-order valence-electron chi connectivity index (χ4n) is 3.24. The predicted octanol–water partition coefficient (Wildman–Crippen LogP) is 3.67. The molecule has 1 aromatic heterocycles. The van der Waals surface area contributed by atoms with Crippen molar-refractivity contribution in [2.24, 2.45) is 0 Å². The van der Waals surface area contributed by atoms with Gasteiger partial charge < -0.3 is 15.5 Å². The number of nitrogens with zero attached hydrogens (tertiary/aromatic N) is 1. The molecule has 1 aliphatic heterocycles. The minimum atomic E-state index is -4.51. The number of carbonyl (C=O) groups excluding carboxylic acids is 3. The number of alkyl halides is 3. The molecule has 2 aromatic rings. The summed E-state index contributed by atoms with van der Waals surface area (Å²) in [5.74, 6) is -1.49. The second-order valence-electron chi connectivity index (χ2n) is 6.86. The number of carbonyl (C=O) groups is 3. The average molecular weight is 439 g/mol. The lowest BCUT2D eigenvalue weighted by Gasteiger charge is -2.34. The molecule has 160 valence electrons. The van der Waals surface area contributed by atoms with Gasteiger partial charge in [-0.15, -0.1) is 11.3 Å². The molecule has 1 saturated heterocycles. The largest absolute Gasteiger partial charge is 0.405 e. The van der Waals surface area contributed by atoms with Gasteiger partial charge in [-0.25, -0.2) is 0 Å². The molecule has 2 N–H and O–H groups in total. The molecule has 1 atom stereocenters. The third-order valence-corrected chi connectivity index (χ3v) is 5.50. The van der Waals surface area contributed by atoms with E-state index in [0.717, 1.165) is 12.8 Å². The van der Waals surface area contributed by atoms with Gasteiger partial charge in [0.2, 0.25) is 5.91 Å². The quantitative estimate of drug-likeness (QED) is 0.746. The van der Waals surface area contributed by atoms with Gasteiger partial charge in [0.05, 0.1) is 4.88 Å². The van der Waals surface area contributed by atoms with Gasteiger partial charge in [0.15, 0.2) is 0 Å². The van der Waals surface area contributed by atoms with Gasteiger partial charge >= 0.3 is 6.18 Å². The van der Waals surface area contributed by atoms with Gasteiger partial charge in [0.1, 0.15) is 12.6 Å². The fourth-order valence-corrected chi connectivity index (χ4v) is 3.91. The minimum Gasteiger partial charge on any atom is -0.343 e. The van der Waals surface area contributed by atoms with Crippen molar-refractivity contribution in [1.82, 2.24) is 10.2 Å². The maximum atomic E-state index is 12.8. The Balaban J connectivity index is 1.68. The van der Waals surface area contributed by atoms with E-state index in [0.29, 0.717) is 17.8 Å². The van der Waals surface area contributed by atoms with Crippen LogP contribution in [0.4, 0.5) is 18.9 Å².